The van der Waals surface area contributed by atoms with Gasteiger partial charge in [0.05, 0.1) is 5.69 Å². The average molecular weight is 156 g/mol. The van der Waals surface area contributed by atoms with Crippen molar-refractivity contribution in [2.24, 2.45) is 0 Å². The van der Waals surface area contributed by atoms with Gasteiger partial charge in [-0.25, -0.2) is 0 Å². The molecule has 0 radical (unpaired) electrons. The standard InChI is InChI=1S/C7H6ClNO/c8-5-1-2-7-6(3-5)9-4-10-7/h1-3,9H,4H2. The average Bonchev–Trinajstić information content (AvgIpc) is 2.33. The Balaban J connectivity index is 2.52. The molecule has 0 saturated carbocycles. The molecular weight excluding hydrogens is 150 g/mol. The summed E-state index contributed by atoms with van der Waals surface area (Å²) in [5.41, 5.74) is 0.979. The van der Waals surface area contributed by atoms with Crippen LogP contribution < -0.4 is 10.1 Å². The molecule has 3 heteroatoms. The monoisotopic (exact) mass is 155 g/mol. The van der Waals surface area contributed by atoms with Crippen molar-refractivity contribution in [1.82, 2.24) is 0 Å². The van der Waals surface area contributed by atoms with Crippen molar-refractivity contribution < 1.29 is 4.74 Å². The Morgan fingerprint density at radius 2 is 2.40 bits per heavy atom. The molecule has 0 amide bonds. The maximum absolute atomic E-state index is 5.73. The van der Waals surface area contributed by atoms with Gasteiger partial charge in [0.1, 0.15) is 5.75 Å². The number of benzene rings is 1. The highest BCUT2D eigenvalue weighted by molar-refractivity contribution is 6.30. The lowest BCUT2D eigenvalue weighted by Gasteiger charge is -1.94. The smallest absolute Gasteiger partial charge is 0.159 e. The predicted octanol–water partition coefficient (Wildman–Crippen LogP) is 2.10. The van der Waals surface area contributed by atoms with Crippen molar-refractivity contribution in [2.45, 2.75) is 0 Å². The van der Waals surface area contributed by atoms with E-state index < -0.39 is 0 Å². The topological polar surface area (TPSA) is 21.3 Å². The van der Waals surface area contributed by atoms with Crippen molar-refractivity contribution in [3.05, 3.63) is 23.2 Å². The Hall–Kier alpha value is -0.890. The van der Waals surface area contributed by atoms with Gasteiger partial charge in [0.2, 0.25) is 0 Å². The lowest BCUT2D eigenvalue weighted by Crippen LogP contribution is -1.96. The van der Waals surface area contributed by atoms with Gasteiger partial charge in [-0.2, -0.15) is 0 Å². The quantitative estimate of drug-likeness (QED) is 0.620. The van der Waals surface area contributed by atoms with Gasteiger partial charge in [0.15, 0.2) is 6.73 Å². The van der Waals surface area contributed by atoms with E-state index in [1.165, 1.54) is 0 Å². The van der Waals surface area contributed by atoms with Gasteiger partial charge in [-0.15, -0.1) is 0 Å². The van der Waals surface area contributed by atoms with E-state index in [2.05, 4.69) is 5.32 Å². The third-order valence-corrected chi connectivity index (χ3v) is 1.67. The van der Waals surface area contributed by atoms with Crippen molar-refractivity contribution in [1.29, 1.82) is 0 Å². The minimum absolute atomic E-state index is 0.551. The first-order valence-electron chi connectivity index (χ1n) is 3.02. The minimum atomic E-state index is 0.551. The summed E-state index contributed by atoms with van der Waals surface area (Å²) < 4.78 is 5.18. The number of anilines is 1. The summed E-state index contributed by atoms with van der Waals surface area (Å²) in [4.78, 5) is 0. The van der Waals surface area contributed by atoms with Gasteiger partial charge in [0.25, 0.3) is 0 Å². The van der Waals surface area contributed by atoms with Gasteiger partial charge in [-0.3, -0.25) is 0 Å². The molecule has 1 heterocycles. The summed E-state index contributed by atoms with van der Waals surface area (Å²) in [5.74, 6) is 0.879. The molecule has 1 aliphatic rings. The van der Waals surface area contributed by atoms with Crippen LogP contribution in [0, 0.1) is 0 Å². The molecule has 1 N–H and O–H groups in total. The lowest BCUT2D eigenvalue weighted by molar-refractivity contribution is 0.372. The van der Waals surface area contributed by atoms with E-state index in [1.54, 1.807) is 0 Å². The number of nitrogens with one attached hydrogen (secondary N) is 1. The normalized spacial score (nSPS) is 13.7. The molecular formula is C7H6ClNO. The van der Waals surface area contributed by atoms with E-state index >= 15 is 0 Å². The molecule has 0 fully saturated rings. The van der Waals surface area contributed by atoms with E-state index in [4.69, 9.17) is 16.3 Å². The van der Waals surface area contributed by atoms with Gasteiger partial charge in [-0.05, 0) is 18.2 Å². The number of fused-ring (bicyclic) bond motifs is 1. The SMILES string of the molecule is Clc1ccc2c(c1)NCO2. The van der Waals surface area contributed by atoms with Crippen LogP contribution >= 0.6 is 11.6 Å². The molecule has 52 valence electrons. The zero-order chi connectivity index (χ0) is 6.97. The number of ether oxygens (including phenoxy) is 1. The van der Waals surface area contributed by atoms with Gasteiger partial charge in [-0.1, -0.05) is 11.6 Å². The highest BCUT2D eigenvalue weighted by Gasteiger charge is 2.09. The molecule has 10 heavy (non-hydrogen) atoms. The summed E-state index contributed by atoms with van der Waals surface area (Å²) in [6.07, 6.45) is 0. The van der Waals surface area contributed by atoms with Gasteiger partial charge in [0, 0.05) is 5.02 Å². The van der Waals surface area contributed by atoms with Crippen molar-refractivity contribution in [3.63, 3.8) is 0 Å². The van der Waals surface area contributed by atoms with E-state index in [9.17, 15) is 0 Å². The number of rotatable bonds is 0. The second kappa shape index (κ2) is 2.06. The zero-order valence-corrected chi connectivity index (χ0v) is 5.98. The summed E-state index contributed by atoms with van der Waals surface area (Å²) in [6, 6.07) is 5.52. The molecule has 2 nitrogen and oxygen atoms in total. The van der Waals surface area contributed by atoms with Crippen LogP contribution in [0.1, 0.15) is 0 Å². The number of hydrogen-bond acceptors (Lipinski definition) is 2. The summed E-state index contributed by atoms with van der Waals surface area (Å²) in [7, 11) is 0. The maximum atomic E-state index is 5.73. The second-order valence-corrected chi connectivity index (χ2v) is 2.54. The molecule has 0 unspecified atom stereocenters. The van der Waals surface area contributed by atoms with Crippen LogP contribution in [0.15, 0.2) is 18.2 Å². The molecule has 1 aromatic rings. The number of halogens is 1. The van der Waals surface area contributed by atoms with Gasteiger partial charge < -0.3 is 10.1 Å². The first-order valence-corrected chi connectivity index (χ1v) is 3.40. The third kappa shape index (κ3) is 0.809. The van der Waals surface area contributed by atoms with Crippen LogP contribution in [0.2, 0.25) is 5.02 Å². The second-order valence-electron chi connectivity index (χ2n) is 2.11. The van der Waals surface area contributed by atoms with Crippen molar-refractivity contribution in [3.8, 4) is 5.75 Å². The van der Waals surface area contributed by atoms with E-state index in [0.29, 0.717) is 6.73 Å². The molecule has 0 saturated heterocycles. The summed E-state index contributed by atoms with van der Waals surface area (Å²) >= 11 is 5.73. The molecule has 1 aromatic carbocycles. The fourth-order valence-corrected chi connectivity index (χ4v) is 1.13. The third-order valence-electron chi connectivity index (χ3n) is 1.43. The number of hydrogen-bond donors (Lipinski definition) is 1. The Bertz CT molecular complexity index is 262. The maximum Gasteiger partial charge on any atom is 0.159 e. The van der Waals surface area contributed by atoms with E-state index in [0.717, 1.165) is 16.5 Å². The Labute approximate surface area is 63.8 Å². The van der Waals surface area contributed by atoms with Crippen LogP contribution in [0.3, 0.4) is 0 Å². The summed E-state index contributed by atoms with van der Waals surface area (Å²) in [6.45, 7) is 0.551. The highest BCUT2D eigenvalue weighted by Crippen LogP contribution is 2.30. The van der Waals surface area contributed by atoms with E-state index in [1.807, 2.05) is 18.2 Å². The van der Waals surface area contributed by atoms with Crippen LogP contribution in [0.5, 0.6) is 5.75 Å². The van der Waals surface area contributed by atoms with Crippen LogP contribution in [-0.2, 0) is 0 Å². The largest absolute Gasteiger partial charge is 0.471 e. The fraction of sp³-hybridized carbons (Fsp3) is 0.143. The molecule has 0 aromatic heterocycles. The van der Waals surface area contributed by atoms with Crippen LogP contribution in [0.25, 0.3) is 0 Å². The first-order chi connectivity index (χ1) is 4.86. The molecule has 0 aliphatic carbocycles. The molecule has 0 bridgehead atoms. The van der Waals surface area contributed by atoms with Crippen molar-refractivity contribution >= 4 is 17.3 Å². The highest BCUT2D eigenvalue weighted by atomic mass is 35.5. The molecule has 2 rings (SSSR count). The molecule has 0 spiro atoms. The van der Waals surface area contributed by atoms with E-state index in [-0.39, 0.29) is 0 Å². The Kier molecular flexibility index (Phi) is 1.21. The minimum Gasteiger partial charge on any atom is -0.471 e. The van der Waals surface area contributed by atoms with Crippen molar-refractivity contribution in [2.75, 3.05) is 12.0 Å². The summed E-state index contributed by atoms with van der Waals surface area (Å²) in [5, 5.41) is 3.77. The van der Waals surface area contributed by atoms with Crippen LogP contribution in [-0.4, -0.2) is 6.73 Å². The van der Waals surface area contributed by atoms with Crippen LogP contribution in [0.4, 0.5) is 5.69 Å². The lowest BCUT2D eigenvalue weighted by atomic mass is 10.3. The predicted molar refractivity (Wildman–Crippen MR) is 40.6 cm³/mol. The zero-order valence-electron chi connectivity index (χ0n) is 5.23. The fourth-order valence-electron chi connectivity index (χ4n) is 0.958. The first kappa shape index (κ1) is 5.86. The van der Waals surface area contributed by atoms with Gasteiger partial charge >= 0.3 is 0 Å². The Morgan fingerprint density at radius 3 is 3.30 bits per heavy atom. The Morgan fingerprint density at radius 1 is 1.50 bits per heavy atom. The molecule has 1 aliphatic heterocycles. The molecule has 0 atom stereocenters.